The minimum absolute atomic E-state index is 0.0330. The van der Waals surface area contributed by atoms with Crippen molar-refractivity contribution in [3.63, 3.8) is 0 Å². The second-order valence-electron chi connectivity index (χ2n) is 3.89. The fraction of sp³-hybridized carbons (Fsp3) is 0.500. The Bertz CT molecular complexity index is 299. The van der Waals surface area contributed by atoms with Crippen molar-refractivity contribution in [2.45, 2.75) is 18.9 Å². The fourth-order valence-corrected chi connectivity index (χ4v) is 1.62. The number of hydrogen-bond donors (Lipinski definition) is 2. The van der Waals surface area contributed by atoms with Crippen LogP contribution < -0.4 is 4.90 Å². The molecule has 3 nitrogen and oxygen atoms in total. The van der Waals surface area contributed by atoms with Crippen molar-refractivity contribution in [3.05, 3.63) is 29.8 Å². The molecule has 0 saturated carbocycles. The molecule has 0 amide bonds. The molecular formula is C12H19NO2. The van der Waals surface area contributed by atoms with E-state index in [2.05, 4.69) is 0 Å². The van der Waals surface area contributed by atoms with Crippen LogP contribution in [-0.2, 0) is 6.42 Å². The van der Waals surface area contributed by atoms with Crippen LogP contribution in [0.25, 0.3) is 0 Å². The highest BCUT2D eigenvalue weighted by Crippen LogP contribution is 2.19. The van der Waals surface area contributed by atoms with Crippen molar-refractivity contribution in [3.8, 4) is 0 Å². The Morgan fingerprint density at radius 1 is 1.27 bits per heavy atom. The van der Waals surface area contributed by atoms with Crippen molar-refractivity contribution in [1.29, 1.82) is 0 Å². The Morgan fingerprint density at radius 2 is 1.93 bits per heavy atom. The highest BCUT2D eigenvalue weighted by atomic mass is 16.3. The van der Waals surface area contributed by atoms with Gasteiger partial charge in [-0.05, 0) is 18.1 Å². The molecule has 0 radical (unpaired) electrons. The summed E-state index contributed by atoms with van der Waals surface area (Å²) in [6.07, 6.45) is 0.563. The maximum absolute atomic E-state index is 9.63. The summed E-state index contributed by atoms with van der Waals surface area (Å²) in [5, 5.41) is 18.4. The molecule has 0 aromatic heterocycles. The van der Waals surface area contributed by atoms with E-state index in [4.69, 9.17) is 5.11 Å². The third-order valence-corrected chi connectivity index (χ3v) is 2.39. The van der Waals surface area contributed by atoms with Gasteiger partial charge in [-0.15, -0.1) is 0 Å². The van der Waals surface area contributed by atoms with Gasteiger partial charge in [-0.3, -0.25) is 0 Å². The van der Waals surface area contributed by atoms with Crippen molar-refractivity contribution in [2.24, 2.45) is 0 Å². The molecule has 1 unspecified atom stereocenters. The Labute approximate surface area is 91.0 Å². The van der Waals surface area contributed by atoms with Gasteiger partial charge in [0.05, 0.1) is 6.10 Å². The molecule has 3 heteroatoms. The molecule has 0 spiro atoms. The Morgan fingerprint density at radius 3 is 2.53 bits per heavy atom. The van der Waals surface area contributed by atoms with E-state index in [0.717, 1.165) is 11.3 Å². The quantitative estimate of drug-likeness (QED) is 0.761. The van der Waals surface area contributed by atoms with Gasteiger partial charge in [0.15, 0.2) is 0 Å². The molecule has 15 heavy (non-hydrogen) atoms. The van der Waals surface area contributed by atoms with Crippen LogP contribution in [0.5, 0.6) is 0 Å². The van der Waals surface area contributed by atoms with Gasteiger partial charge < -0.3 is 15.1 Å². The van der Waals surface area contributed by atoms with E-state index in [0.29, 0.717) is 12.8 Å². The van der Waals surface area contributed by atoms with Crippen LogP contribution in [0.3, 0.4) is 0 Å². The molecule has 0 fully saturated rings. The SMILES string of the molecule is CN(C)c1ccccc1CC(O)CCO. The Kier molecular flexibility index (Phi) is 4.59. The van der Waals surface area contributed by atoms with Crippen LogP contribution >= 0.6 is 0 Å². The van der Waals surface area contributed by atoms with E-state index in [1.807, 2.05) is 43.3 Å². The topological polar surface area (TPSA) is 43.7 Å². The van der Waals surface area contributed by atoms with Gasteiger partial charge in [0.2, 0.25) is 0 Å². The number of aliphatic hydroxyl groups excluding tert-OH is 2. The summed E-state index contributed by atoms with van der Waals surface area (Å²) in [5.41, 5.74) is 2.23. The summed E-state index contributed by atoms with van der Waals surface area (Å²) >= 11 is 0. The maximum atomic E-state index is 9.63. The van der Waals surface area contributed by atoms with E-state index in [1.54, 1.807) is 0 Å². The molecule has 0 aliphatic rings. The van der Waals surface area contributed by atoms with Crippen molar-refractivity contribution < 1.29 is 10.2 Å². The van der Waals surface area contributed by atoms with Crippen LogP contribution in [0.2, 0.25) is 0 Å². The number of hydrogen-bond acceptors (Lipinski definition) is 3. The van der Waals surface area contributed by atoms with Crippen LogP contribution in [0.1, 0.15) is 12.0 Å². The van der Waals surface area contributed by atoms with E-state index in [9.17, 15) is 5.11 Å². The van der Waals surface area contributed by atoms with Crippen molar-refractivity contribution in [2.75, 3.05) is 25.6 Å². The number of para-hydroxylation sites is 1. The number of anilines is 1. The largest absolute Gasteiger partial charge is 0.396 e. The normalized spacial score (nSPS) is 12.5. The second kappa shape index (κ2) is 5.73. The summed E-state index contributed by atoms with van der Waals surface area (Å²) in [6, 6.07) is 7.99. The third-order valence-electron chi connectivity index (χ3n) is 2.39. The summed E-state index contributed by atoms with van der Waals surface area (Å²) in [6.45, 7) is 0.0330. The molecule has 1 atom stereocenters. The van der Waals surface area contributed by atoms with Crippen LogP contribution in [0, 0.1) is 0 Å². The van der Waals surface area contributed by atoms with Gasteiger partial charge in [-0.2, -0.15) is 0 Å². The minimum atomic E-state index is -0.462. The average Bonchev–Trinajstić information content (AvgIpc) is 2.18. The Hall–Kier alpha value is -1.06. The van der Waals surface area contributed by atoms with E-state index in [1.165, 1.54) is 0 Å². The fourth-order valence-electron chi connectivity index (χ4n) is 1.62. The van der Waals surface area contributed by atoms with Gasteiger partial charge in [0, 0.05) is 32.8 Å². The summed E-state index contributed by atoms with van der Waals surface area (Å²) < 4.78 is 0. The summed E-state index contributed by atoms with van der Waals surface area (Å²) in [4.78, 5) is 2.03. The molecule has 0 bridgehead atoms. The van der Waals surface area contributed by atoms with Crippen LogP contribution in [0.4, 0.5) is 5.69 Å². The number of rotatable bonds is 5. The van der Waals surface area contributed by atoms with Gasteiger partial charge in [0.25, 0.3) is 0 Å². The highest BCUT2D eigenvalue weighted by molar-refractivity contribution is 5.52. The predicted molar refractivity (Wildman–Crippen MR) is 62.2 cm³/mol. The number of nitrogens with zero attached hydrogens (tertiary/aromatic N) is 1. The van der Waals surface area contributed by atoms with E-state index in [-0.39, 0.29) is 6.61 Å². The van der Waals surface area contributed by atoms with Crippen molar-refractivity contribution in [1.82, 2.24) is 0 Å². The smallest absolute Gasteiger partial charge is 0.0603 e. The molecule has 1 aromatic carbocycles. The lowest BCUT2D eigenvalue weighted by molar-refractivity contribution is 0.133. The zero-order valence-electron chi connectivity index (χ0n) is 9.35. The lowest BCUT2D eigenvalue weighted by Gasteiger charge is -2.18. The summed E-state index contributed by atoms with van der Waals surface area (Å²) in [5.74, 6) is 0. The first-order chi connectivity index (χ1) is 7.15. The van der Waals surface area contributed by atoms with E-state index < -0.39 is 6.10 Å². The van der Waals surface area contributed by atoms with Gasteiger partial charge in [0.1, 0.15) is 0 Å². The molecule has 0 heterocycles. The first-order valence-corrected chi connectivity index (χ1v) is 5.19. The standard InChI is InChI=1S/C12H19NO2/c1-13(2)12-6-4-3-5-10(12)9-11(15)7-8-14/h3-6,11,14-15H,7-9H2,1-2H3. The number of benzene rings is 1. The third kappa shape index (κ3) is 3.53. The monoisotopic (exact) mass is 209 g/mol. The van der Waals surface area contributed by atoms with Crippen molar-refractivity contribution >= 4 is 5.69 Å². The molecule has 1 rings (SSSR count). The molecule has 0 aliphatic heterocycles. The number of aliphatic hydroxyl groups is 2. The lowest BCUT2D eigenvalue weighted by Crippen LogP contribution is -2.16. The van der Waals surface area contributed by atoms with Crippen LogP contribution in [0.15, 0.2) is 24.3 Å². The Balaban J connectivity index is 2.75. The lowest BCUT2D eigenvalue weighted by atomic mass is 10.0. The molecule has 1 aromatic rings. The molecule has 84 valence electrons. The minimum Gasteiger partial charge on any atom is -0.396 e. The van der Waals surface area contributed by atoms with E-state index >= 15 is 0 Å². The second-order valence-corrected chi connectivity index (χ2v) is 3.89. The first-order valence-electron chi connectivity index (χ1n) is 5.19. The zero-order chi connectivity index (χ0) is 11.3. The highest BCUT2D eigenvalue weighted by Gasteiger charge is 2.09. The molecule has 0 saturated heterocycles. The summed E-state index contributed by atoms with van der Waals surface area (Å²) in [7, 11) is 3.97. The molecular weight excluding hydrogens is 190 g/mol. The maximum Gasteiger partial charge on any atom is 0.0603 e. The van der Waals surface area contributed by atoms with Crippen LogP contribution in [-0.4, -0.2) is 37.0 Å². The van der Waals surface area contributed by atoms with Gasteiger partial charge >= 0.3 is 0 Å². The van der Waals surface area contributed by atoms with Gasteiger partial charge in [-0.25, -0.2) is 0 Å². The molecule has 0 aliphatic carbocycles. The average molecular weight is 209 g/mol. The zero-order valence-corrected chi connectivity index (χ0v) is 9.35. The predicted octanol–water partition coefficient (Wildman–Crippen LogP) is 1.04. The first kappa shape index (κ1) is 12.0. The molecule has 2 N–H and O–H groups in total. The van der Waals surface area contributed by atoms with Gasteiger partial charge in [-0.1, -0.05) is 18.2 Å².